The van der Waals surface area contributed by atoms with Crippen molar-refractivity contribution in [2.45, 2.75) is 26.8 Å². The smallest absolute Gasteiger partial charge is 0.188 e. The van der Waals surface area contributed by atoms with Crippen LogP contribution in [0.15, 0.2) is 29.3 Å². The molecular formula is C13H21FIN3. The molecule has 1 aromatic rings. The molecule has 0 aliphatic heterocycles. The van der Waals surface area contributed by atoms with Crippen LogP contribution in [0.2, 0.25) is 0 Å². The highest BCUT2D eigenvalue weighted by atomic mass is 127. The van der Waals surface area contributed by atoms with Crippen LogP contribution in [-0.4, -0.2) is 12.5 Å². The van der Waals surface area contributed by atoms with Crippen molar-refractivity contribution in [1.82, 2.24) is 5.32 Å². The number of hydrogen-bond acceptors (Lipinski definition) is 1. The van der Waals surface area contributed by atoms with Gasteiger partial charge in [0.1, 0.15) is 5.82 Å². The summed E-state index contributed by atoms with van der Waals surface area (Å²) in [6, 6.07) is 6.26. The summed E-state index contributed by atoms with van der Waals surface area (Å²) in [5.74, 6) is 0.850. The molecule has 0 unspecified atom stereocenters. The van der Waals surface area contributed by atoms with Gasteiger partial charge in [-0.3, -0.25) is 0 Å². The van der Waals surface area contributed by atoms with Crippen molar-refractivity contribution >= 4 is 29.9 Å². The molecule has 1 aromatic carbocycles. The molecule has 0 spiro atoms. The van der Waals surface area contributed by atoms with Gasteiger partial charge in [0.05, 0.1) is 6.54 Å². The topological polar surface area (TPSA) is 50.4 Å². The fourth-order valence-corrected chi connectivity index (χ4v) is 1.31. The maximum atomic E-state index is 12.7. The van der Waals surface area contributed by atoms with Gasteiger partial charge < -0.3 is 11.1 Å². The standard InChI is InChI=1S/C13H20FN3.HI/c1-10(2)7-8-16-13(15)17-9-11-3-5-12(14)6-4-11;/h3-6,10H,7-9H2,1-2H3,(H3,15,16,17);1H. The van der Waals surface area contributed by atoms with Gasteiger partial charge in [-0.15, -0.1) is 24.0 Å². The van der Waals surface area contributed by atoms with E-state index in [-0.39, 0.29) is 29.8 Å². The van der Waals surface area contributed by atoms with Crippen molar-refractivity contribution in [3.05, 3.63) is 35.6 Å². The minimum atomic E-state index is -0.235. The highest BCUT2D eigenvalue weighted by molar-refractivity contribution is 14.0. The monoisotopic (exact) mass is 365 g/mol. The quantitative estimate of drug-likeness (QED) is 0.479. The average Bonchev–Trinajstić information content (AvgIpc) is 2.28. The number of halogens is 2. The largest absolute Gasteiger partial charge is 0.370 e. The number of nitrogens with one attached hydrogen (secondary N) is 1. The number of rotatable bonds is 5. The molecule has 3 nitrogen and oxygen atoms in total. The highest BCUT2D eigenvalue weighted by Gasteiger charge is 1.96. The summed E-state index contributed by atoms with van der Waals surface area (Å²) in [6.45, 7) is 5.62. The van der Waals surface area contributed by atoms with Crippen LogP contribution in [0, 0.1) is 11.7 Å². The Hall–Kier alpha value is -0.850. The van der Waals surface area contributed by atoms with Crippen LogP contribution in [0.25, 0.3) is 0 Å². The van der Waals surface area contributed by atoms with Gasteiger partial charge in [-0.1, -0.05) is 26.0 Å². The zero-order chi connectivity index (χ0) is 12.7. The van der Waals surface area contributed by atoms with Gasteiger partial charge in [0.2, 0.25) is 0 Å². The van der Waals surface area contributed by atoms with E-state index in [1.807, 2.05) is 0 Å². The summed E-state index contributed by atoms with van der Waals surface area (Å²) < 4.78 is 12.7. The highest BCUT2D eigenvalue weighted by Crippen LogP contribution is 2.03. The number of nitrogens with zero attached hydrogens (tertiary/aromatic N) is 1. The van der Waals surface area contributed by atoms with E-state index in [1.54, 1.807) is 12.1 Å². The molecule has 0 radical (unpaired) electrons. The Labute approximate surface area is 125 Å². The van der Waals surface area contributed by atoms with Crippen LogP contribution >= 0.6 is 24.0 Å². The second-order valence-corrected chi connectivity index (χ2v) is 4.44. The molecule has 102 valence electrons. The van der Waals surface area contributed by atoms with Crippen LogP contribution in [0.3, 0.4) is 0 Å². The third kappa shape index (κ3) is 7.47. The molecular weight excluding hydrogens is 344 g/mol. The second kappa shape index (κ2) is 9.13. The van der Waals surface area contributed by atoms with E-state index >= 15 is 0 Å². The predicted octanol–water partition coefficient (Wildman–Crippen LogP) is 2.89. The van der Waals surface area contributed by atoms with E-state index in [2.05, 4.69) is 24.2 Å². The fourth-order valence-electron chi connectivity index (χ4n) is 1.31. The molecule has 0 saturated heterocycles. The third-order valence-electron chi connectivity index (χ3n) is 2.37. The Kier molecular flexibility index (Phi) is 8.70. The SMILES string of the molecule is CC(C)CCNC(N)=NCc1ccc(F)cc1.I. The number of hydrogen-bond donors (Lipinski definition) is 2. The molecule has 18 heavy (non-hydrogen) atoms. The van der Waals surface area contributed by atoms with Gasteiger partial charge >= 0.3 is 0 Å². The molecule has 0 fully saturated rings. The van der Waals surface area contributed by atoms with Crippen molar-refractivity contribution in [3.8, 4) is 0 Å². The minimum absolute atomic E-state index is 0. The zero-order valence-corrected chi connectivity index (χ0v) is 13.1. The lowest BCUT2D eigenvalue weighted by Gasteiger charge is -2.07. The van der Waals surface area contributed by atoms with E-state index in [0.717, 1.165) is 18.5 Å². The number of nitrogens with two attached hydrogens (primary N) is 1. The molecule has 5 heteroatoms. The minimum Gasteiger partial charge on any atom is -0.370 e. The average molecular weight is 365 g/mol. The molecule has 0 aromatic heterocycles. The van der Waals surface area contributed by atoms with Gasteiger partial charge in [-0.2, -0.15) is 0 Å². The third-order valence-corrected chi connectivity index (χ3v) is 2.37. The van der Waals surface area contributed by atoms with Crippen molar-refractivity contribution in [3.63, 3.8) is 0 Å². The summed E-state index contributed by atoms with van der Waals surface area (Å²) in [5.41, 5.74) is 6.65. The molecule has 3 N–H and O–H groups in total. The van der Waals surface area contributed by atoms with Crippen molar-refractivity contribution < 1.29 is 4.39 Å². The zero-order valence-electron chi connectivity index (χ0n) is 10.8. The summed E-state index contributed by atoms with van der Waals surface area (Å²) in [5, 5.41) is 3.05. The summed E-state index contributed by atoms with van der Waals surface area (Å²) in [7, 11) is 0. The first-order chi connectivity index (χ1) is 8.08. The lowest BCUT2D eigenvalue weighted by Crippen LogP contribution is -2.32. The van der Waals surface area contributed by atoms with Crippen LogP contribution in [0.5, 0.6) is 0 Å². The molecule has 0 aliphatic rings. The van der Waals surface area contributed by atoms with Gasteiger partial charge in [0.15, 0.2) is 5.96 Å². The van der Waals surface area contributed by atoms with Crippen LogP contribution in [-0.2, 0) is 6.54 Å². The van der Waals surface area contributed by atoms with E-state index in [1.165, 1.54) is 12.1 Å². The van der Waals surface area contributed by atoms with Crippen molar-refractivity contribution in [2.75, 3.05) is 6.54 Å². The molecule has 0 heterocycles. The summed E-state index contributed by atoms with van der Waals surface area (Å²) in [6.07, 6.45) is 1.06. The predicted molar refractivity (Wildman–Crippen MR) is 84.6 cm³/mol. The number of benzene rings is 1. The Morgan fingerprint density at radius 2 is 1.94 bits per heavy atom. The van der Waals surface area contributed by atoms with Gasteiger partial charge in [0.25, 0.3) is 0 Å². The molecule has 0 saturated carbocycles. The number of aliphatic imine (C=N–C) groups is 1. The first-order valence-electron chi connectivity index (χ1n) is 5.86. The Bertz CT molecular complexity index is 363. The summed E-state index contributed by atoms with van der Waals surface area (Å²) in [4.78, 5) is 4.18. The van der Waals surface area contributed by atoms with Gasteiger partial charge in [-0.25, -0.2) is 9.38 Å². The maximum absolute atomic E-state index is 12.7. The number of guanidine groups is 1. The first kappa shape index (κ1) is 17.2. The molecule has 0 bridgehead atoms. The fraction of sp³-hybridized carbons (Fsp3) is 0.462. The Morgan fingerprint density at radius 1 is 1.33 bits per heavy atom. The normalized spacial score (nSPS) is 11.2. The van der Waals surface area contributed by atoms with Gasteiger partial charge in [0, 0.05) is 6.54 Å². The maximum Gasteiger partial charge on any atom is 0.188 e. The second-order valence-electron chi connectivity index (χ2n) is 4.44. The molecule has 0 atom stereocenters. The van der Waals surface area contributed by atoms with E-state index in [9.17, 15) is 4.39 Å². The van der Waals surface area contributed by atoms with Crippen LogP contribution in [0.4, 0.5) is 4.39 Å². The van der Waals surface area contributed by atoms with Crippen LogP contribution < -0.4 is 11.1 Å². The van der Waals surface area contributed by atoms with E-state index < -0.39 is 0 Å². The van der Waals surface area contributed by atoms with Crippen molar-refractivity contribution in [2.24, 2.45) is 16.6 Å². The molecule has 0 aliphatic carbocycles. The summed E-state index contributed by atoms with van der Waals surface area (Å²) >= 11 is 0. The first-order valence-corrected chi connectivity index (χ1v) is 5.86. The van der Waals surface area contributed by atoms with E-state index in [4.69, 9.17) is 5.73 Å². The lowest BCUT2D eigenvalue weighted by molar-refractivity contribution is 0.576. The van der Waals surface area contributed by atoms with Crippen LogP contribution in [0.1, 0.15) is 25.8 Å². The molecule has 0 amide bonds. The van der Waals surface area contributed by atoms with Crippen molar-refractivity contribution in [1.29, 1.82) is 0 Å². The Morgan fingerprint density at radius 3 is 2.50 bits per heavy atom. The van der Waals surface area contributed by atoms with Gasteiger partial charge in [-0.05, 0) is 30.0 Å². The molecule has 1 rings (SSSR count). The van der Waals surface area contributed by atoms with E-state index in [0.29, 0.717) is 18.4 Å². The lowest BCUT2D eigenvalue weighted by atomic mass is 10.1. The Balaban J connectivity index is 0.00000289.